The Hall–Kier alpha value is -3.31. The molecule has 0 aromatic heterocycles. The quantitative estimate of drug-likeness (QED) is 0.394. The molecule has 0 bridgehead atoms. The number of sulfonamides is 1. The lowest BCUT2D eigenvalue weighted by Crippen LogP contribution is -2.12. The second kappa shape index (κ2) is 7.72. The van der Waals surface area contributed by atoms with Gasteiger partial charge in [0.15, 0.2) is 0 Å². The van der Waals surface area contributed by atoms with Gasteiger partial charge in [-0.15, -0.1) is 0 Å². The molecule has 0 radical (unpaired) electrons. The average molecular weight is 377 g/mol. The highest BCUT2D eigenvalue weighted by Crippen LogP contribution is 2.27. The zero-order chi connectivity index (χ0) is 19.3. The van der Waals surface area contributed by atoms with Crippen LogP contribution in [0.3, 0.4) is 0 Å². The van der Waals surface area contributed by atoms with Crippen LogP contribution in [-0.4, -0.2) is 25.5 Å². The van der Waals surface area contributed by atoms with Crippen molar-refractivity contribution in [3.63, 3.8) is 0 Å². The van der Waals surface area contributed by atoms with Crippen molar-refractivity contribution in [2.24, 2.45) is 10.2 Å². The summed E-state index contributed by atoms with van der Waals surface area (Å²) in [5, 5.41) is 22.6. The topological polar surface area (TPSA) is 157 Å². The van der Waals surface area contributed by atoms with Gasteiger partial charge in [0.1, 0.15) is 5.69 Å². The number of nitro groups is 1. The van der Waals surface area contributed by atoms with Crippen LogP contribution < -0.4 is 15.9 Å². The van der Waals surface area contributed by atoms with E-state index in [4.69, 9.17) is 5.14 Å². The molecule has 2 rings (SSSR count). The summed E-state index contributed by atoms with van der Waals surface area (Å²) >= 11 is 0. The number of benzene rings is 2. The molecular formula is C15H15N5O5S. The molecule has 26 heavy (non-hydrogen) atoms. The monoisotopic (exact) mass is 377 g/mol. The first-order chi connectivity index (χ1) is 12.2. The molecular weight excluding hydrogens is 362 g/mol. The number of hydrogen-bond donors (Lipinski definition) is 3. The number of nitrogens with zero attached hydrogens (tertiary/aromatic N) is 2. The fourth-order valence-corrected chi connectivity index (χ4v) is 2.50. The lowest BCUT2D eigenvalue weighted by Gasteiger charge is -2.04. The highest BCUT2D eigenvalue weighted by molar-refractivity contribution is 7.89. The first-order valence-corrected chi connectivity index (χ1v) is 8.69. The second-order valence-electron chi connectivity index (χ2n) is 5.15. The smallest absolute Gasteiger partial charge is 0.295 e. The minimum atomic E-state index is -4.05. The molecule has 0 spiro atoms. The van der Waals surface area contributed by atoms with E-state index in [9.17, 15) is 23.3 Å². The maximum atomic E-state index is 11.3. The fourth-order valence-electron chi connectivity index (χ4n) is 1.97. The molecule has 2 aromatic rings. The van der Waals surface area contributed by atoms with Crippen molar-refractivity contribution in [1.82, 2.24) is 0 Å². The van der Waals surface area contributed by atoms with Crippen LogP contribution in [0.15, 0.2) is 52.5 Å². The molecule has 136 valence electrons. The molecule has 0 heterocycles. The van der Waals surface area contributed by atoms with Crippen LogP contribution in [-0.2, 0) is 14.8 Å². The third-order valence-corrected chi connectivity index (χ3v) is 4.04. The summed E-state index contributed by atoms with van der Waals surface area (Å²) in [6.45, 7) is 1.40. The van der Waals surface area contributed by atoms with Gasteiger partial charge in [0.2, 0.25) is 15.9 Å². The number of nitro benzene ring substituents is 1. The molecule has 0 saturated heterocycles. The van der Waals surface area contributed by atoms with Crippen LogP contribution in [0.5, 0.6) is 0 Å². The van der Waals surface area contributed by atoms with Crippen molar-refractivity contribution < 1.29 is 18.1 Å². The minimum absolute atomic E-state index is 0.00789. The number of carbonyl (C=O) groups excluding carboxylic acids is 1. The molecule has 0 aliphatic rings. The molecule has 0 aliphatic carbocycles. The van der Waals surface area contributed by atoms with E-state index in [0.29, 0.717) is 11.3 Å². The summed E-state index contributed by atoms with van der Waals surface area (Å²) < 4.78 is 22.6. The number of carbonyl (C=O) groups is 1. The first kappa shape index (κ1) is 19.0. The largest absolute Gasteiger partial charge is 0.326 e. The van der Waals surface area contributed by atoms with Gasteiger partial charge in [0.05, 0.1) is 16.0 Å². The van der Waals surface area contributed by atoms with Crippen LogP contribution in [0, 0.1) is 10.1 Å². The van der Waals surface area contributed by atoms with Crippen molar-refractivity contribution in [2.45, 2.75) is 11.8 Å². The number of amides is 1. The van der Waals surface area contributed by atoms with Crippen LogP contribution in [0.25, 0.3) is 0 Å². The minimum Gasteiger partial charge on any atom is -0.326 e. The van der Waals surface area contributed by atoms with Gasteiger partial charge >= 0.3 is 0 Å². The van der Waals surface area contributed by atoms with Crippen molar-refractivity contribution in [1.29, 1.82) is 0 Å². The standard InChI is InChI=1S/C15H15N5O5S/c1-10(21)18-12-4-2-11(3-5-12)9-17-19-14-7-6-13(26(16,24)25)8-15(14)20(22)23/h2-9,19H,1H3,(H,18,21)(H2,16,24,25)/b17-9+. The van der Waals surface area contributed by atoms with Crippen LogP contribution in [0.2, 0.25) is 0 Å². The Bertz CT molecular complexity index is 970. The molecule has 0 fully saturated rings. The fraction of sp³-hybridized carbons (Fsp3) is 0.0667. The molecule has 2 aromatic carbocycles. The van der Waals surface area contributed by atoms with E-state index in [0.717, 1.165) is 12.1 Å². The van der Waals surface area contributed by atoms with E-state index in [1.54, 1.807) is 24.3 Å². The number of rotatable bonds is 6. The van der Waals surface area contributed by atoms with Gasteiger partial charge in [-0.25, -0.2) is 13.6 Å². The predicted octanol–water partition coefficient (Wildman–Crippen LogP) is 1.65. The highest BCUT2D eigenvalue weighted by atomic mass is 32.2. The van der Waals surface area contributed by atoms with E-state index in [2.05, 4.69) is 15.8 Å². The molecule has 0 atom stereocenters. The Labute approximate surface area is 148 Å². The molecule has 0 aliphatic heterocycles. The van der Waals surface area contributed by atoms with Crippen molar-refractivity contribution >= 4 is 39.2 Å². The normalized spacial score (nSPS) is 11.3. The maximum Gasteiger partial charge on any atom is 0.295 e. The Morgan fingerprint density at radius 3 is 2.42 bits per heavy atom. The van der Waals surface area contributed by atoms with Crippen LogP contribution in [0.4, 0.5) is 17.1 Å². The Balaban J connectivity index is 2.17. The van der Waals surface area contributed by atoms with Gasteiger partial charge in [-0.3, -0.25) is 20.3 Å². The van der Waals surface area contributed by atoms with E-state index < -0.39 is 20.6 Å². The van der Waals surface area contributed by atoms with Crippen LogP contribution >= 0.6 is 0 Å². The zero-order valence-electron chi connectivity index (χ0n) is 13.5. The van der Waals surface area contributed by atoms with Gasteiger partial charge in [-0.2, -0.15) is 5.10 Å². The molecule has 11 heteroatoms. The summed E-state index contributed by atoms with van der Waals surface area (Å²) in [5.74, 6) is -0.191. The third kappa shape index (κ3) is 5.09. The van der Waals surface area contributed by atoms with Crippen molar-refractivity contribution in [2.75, 3.05) is 10.7 Å². The summed E-state index contributed by atoms with van der Waals surface area (Å²) in [4.78, 5) is 20.9. The SMILES string of the molecule is CC(=O)Nc1ccc(/C=N/Nc2ccc(S(N)(=O)=O)cc2[N+](=O)[O-])cc1. The predicted molar refractivity (Wildman–Crippen MR) is 96.4 cm³/mol. The number of primary sulfonamides is 1. The summed E-state index contributed by atoms with van der Waals surface area (Å²) in [7, 11) is -4.05. The zero-order valence-corrected chi connectivity index (χ0v) is 14.4. The Morgan fingerprint density at radius 2 is 1.88 bits per heavy atom. The van der Waals surface area contributed by atoms with Crippen molar-refractivity contribution in [3.05, 3.63) is 58.1 Å². The van der Waals surface area contributed by atoms with E-state index in [-0.39, 0.29) is 16.5 Å². The summed E-state index contributed by atoms with van der Waals surface area (Å²) in [5.41, 5.74) is 3.32. The summed E-state index contributed by atoms with van der Waals surface area (Å²) in [6.07, 6.45) is 1.41. The van der Waals surface area contributed by atoms with Gasteiger partial charge in [-0.1, -0.05) is 12.1 Å². The van der Waals surface area contributed by atoms with Gasteiger partial charge in [0.25, 0.3) is 5.69 Å². The lowest BCUT2D eigenvalue weighted by atomic mass is 10.2. The third-order valence-electron chi connectivity index (χ3n) is 3.12. The van der Waals surface area contributed by atoms with E-state index >= 15 is 0 Å². The van der Waals surface area contributed by atoms with E-state index in [1.807, 2.05) is 0 Å². The number of hydrogen-bond acceptors (Lipinski definition) is 7. The Kier molecular flexibility index (Phi) is 5.64. The average Bonchev–Trinajstić information content (AvgIpc) is 2.55. The maximum absolute atomic E-state index is 11.3. The van der Waals surface area contributed by atoms with E-state index in [1.165, 1.54) is 19.2 Å². The lowest BCUT2D eigenvalue weighted by molar-refractivity contribution is -0.384. The van der Waals surface area contributed by atoms with Gasteiger partial charge < -0.3 is 5.32 Å². The van der Waals surface area contributed by atoms with Crippen LogP contribution in [0.1, 0.15) is 12.5 Å². The number of hydrazone groups is 1. The number of nitrogens with two attached hydrogens (primary N) is 1. The highest BCUT2D eigenvalue weighted by Gasteiger charge is 2.18. The molecule has 0 saturated carbocycles. The second-order valence-corrected chi connectivity index (χ2v) is 6.72. The summed E-state index contributed by atoms with van der Waals surface area (Å²) in [6, 6.07) is 9.93. The Morgan fingerprint density at radius 1 is 1.23 bits per heavy atom. The molecule has 10 nitrogen and oxygen atoms in total. The molecule has 0 unspecified atom stereocenters. The first-order valence-electron chi connectivity index (χ1n) is 7.15. The van der Waals surface area contributed by atoms with Gasteiger partial charge in [-0.05, 0) is 29.8 Å². The van der Waals surface area contributed by atoms with Crippen molar-refractivity contribution in [3.8, 4) is 0 Å². The number of nitrogens with one attached hydrogen (secondary N) is 2. The number of anilines is 2. The molecule has 4 N–H and O–H groups in total. The van der Waals surface area contributed by atoms with Gasteiger partial charge in [0, 0.05) is 18.7 Å². The molecule has 1 amide bonds.